The van der Waals surface area contributed by atoms with E-state index in [2.05, 4.69) is 52.5 Å². The number of benzene rings is 1. The number of rotatable bonds is 2. The lowest BCUT2D eigenvalue weighted by Crippen LogP contribution is -2.43. The summed E-state index contributed by atoms with van der Waals surface area (Å²) in [4.78, 5) is 0. The summed E-state index contributed by atoms with van der Waals surface area (Å²) in [5, 5.41) is 7.51. The Morgan fingerprint density at radius 2 is 2.05 bits per heavy atom. The largest absolute Gasteiger partial charge is 0.359 e. The summed E-state index contributed by atoms with van der Waals surface area (Å²) in [5.41, 5.74) is 2.26. The normalized spacial score (nSPS) is 22.9. The van der Waals surface area contributed by atoms with Gasteiger partial charge in [-0.15, -0.1) is 0 Å². The topological polar surface area (TPSA) is 24.1 Å². The van der Waals surface area contributed by atoms with E-state index in [1.54, 1.807) is 0 Å². The Hall–Kier alpha value is -0.610. The third-order valence-corrected chi connectivity index (χ3v) is 4.58. The molecular weight excluding hydrogens is 320 g/mol. The highest BCUT2D eigenvalue weighted by Gasteiger charge is 2.21. The second-order valence-corrected chi connectivity index (χ2v) is 6.75. The van der Waals surface area contributed by atoms with Crippen LogP contribution in [0.1, 0.15) is 38.2 Å². The minimum atomic E-state index is 0.518. The first kappa shape index (κ1) is 14.8. The third kappa shape index (κ3) is 4.18. The summed E-state index contributed by atoms with van der Waals surface area (Å²) >= 11 is 8.90. The van der Waals surface area contributed by atoms with Crippen molar-refractivity contribution in [1.82, 2.24) is 5.32 Å². The molecule has 0 saturated heterocycles. The first-order valence-electron chi connectivity index (χ1n) is 6.90. The third-order valence-electron chi connectivity index (χ3n) is 3.86. The van der Waals surface area contributed by atoms with E-state index in [1.165, 1.54) is 31.2 Å². The van der Waals surface area contributed by atoms with Crippen LogP contribution in [0.25, 0.3) is 0 Å². The predicted molar refractivity (Wildman–Crippen MR) is 89.7 cm³/mol. The molecule has 0 radical (unpaired) electrons. The zero-order valence-electron chi connectivity index (χ0n) is 11.5. The first-order valence-corrected chi connectivity index (χ1v) is 8.10. The van der Waals surface area contributed by atoms with Gasteiger partial charge in [0.05, 0.1) is 0 Å². The zero-order valence-corrected chi connectivity index (χ0v) is 13.9. The number of hydrogen-bond donors (Lipinski definition) is 2. The van der Waals surface area contributed by atoms with Gasteiger partial charge in [-0.25, -0.2) is 0 Å². The zero-order chi connectivity index (χ0) is 13.8. The van der Waals surface area contributed by atoms with Crippen LogP contribution in [0.3, 0.4) is 0 Å². The molecule has 0 amide bonds. The van der Waals surface area contributed by atoms with Gasteiger partial charge in [-0.05, 0) is 61.7 Å². The summed E-state index contributed by atoms with van der Waals surface area (Å²) in [5.74, 6) is 0.708. The van der Waals surface area contributed by atoms with Gasteiger partial charge < -0.3 is 10.6 Å². The van der Waals surface area contributed by atoms with E-state index >= 15 is 0 Å². The summed E-state index contributed by atoms with van der Waals surface area (Å²) in [6, 6.07) is 6.69. The maximum Gasteiger partial charge on any atom is 0.171 e. The van der Waals surface area contributed by atoms with Gasteiger partial charge in [-0.2, -0.15) is 0 Å². The Morgan fingerprint density at radius 1 is 1.32 bits per heavy atom. The van der Waals surface area contributed by atoms with Crippen molar-refractivity contribution >= 4 is 38.9 Å². The monoisotopic (exact) mass is 340 g/mol. The van der Waals surface area contributed by atoms with Gasteiger partial charge in [-0.3, -0.25) is 0 Å². The lowest BCUT2D eigenvalue weighted by molar-refractivity contribution is 0.309. The maximum atomic E-state index is 5.43. The summed E-state index contributed by atoms with van der Waals surface area (Å²) < 4.78 is 1.09. The minimum Gasteiger partial charge on any atom is -0.359 e. The smallest absolute Gasteiger partial charge is 0.171 e. The molecule has 1 aliphatic carbocycles. The second-order valence-electron chi connectivity index (χ2n) is 5.43. The quantitative estimate of drug-likeness (QED) is 0.768. The predicted octanol–water partition coefficient (Wildman–Crippen LogP) is 4.62. The summed E-state index contributed by atoms with van der Waals surface area (Å²) in [6.07, 6.45) is 5.19. The number of anilines is 1. The van der Waals surface area contributed by atoms with Crippen LogP contribution in [0.5, 0.6) is 0 Å². The molecule has 2 N–H and O–H groups in total. The Morgan fingerprint density at radius 3 is 2.74 bits per heavy atom. The molecule has 1 aromatic rings. The van der Waals surface area contributed by atoms with Crippen molar-refractivity contribution in [3.05, 3.63) is 28.2 Å². The molecule has 0 bridgehead atoms. The molecule has 2 atom stereocenters. The highest BCUT2D eigenvalue weighted by Crippen LogP contribution is 2.24. The molecule has 2 nitrogen and oxygen atoms in total. The van der Waals surface area contributed by atoms with E-state index in [9.17, 15) is 0 Å². The highest BCUT2D eigenvalue weighted by atomic mass is 79.9. The molecule has 1 aromatic carbocycles. The van der Waals surface area contributed by atoms with Crippen LogP contribution in [0, 0.1) is 12.8 Å². The van der Waals surface area contributed by atoms with Crippen LogP contribution in [-0.4, -0.2) is 11.2 Å². The number of nitrogens with one attached hydrogen (secondary N) is 2. The lowest BCUT2D eigenvalue weighted by Gasteiger charge is -2.30. The fraction of sp³-hybridized carbons (Fsp3) is 0.533. The Labute approximate surface area is 129 Å². The van der Waals surface area contributed by atoms with Crippen molar-refractivity contribution in [2.24, 2.45) is 5.92 Å². The molecule has 1 saturated carbocycles. The van der Waals surface area contributed by atoms with Gasteiger partial charge in [-0.1, -0.05) is 35.7 Å². The van der Waals surface area contributed by atoms with E-state index in [0.717, 1.165) is 15.3 Å². The summed E-state index contributed by atoms with van der Waals surface area (Å²) in [7, 11) is 0. The molecule has 19 heavy (non-hydrogen) atoms. The van der Waals surface area contributed by atoms with E-state index < -0.39 is 0 Å². The van der Waals surface area contributed by atoms with Crippen molar-refractivity contribution in [3.8, 4) is 0 Å². The molecule has 1 fully saturated rings. The second kappa shape index (κ2) is 6.71. The van der Waals surface area contributed by atoms with Crippen molar-refractivity contribution in [3.63, 3.8) is 0 Å². The fourth-order valence-corrected chi connectivity index (χ4v) is 3.36. The Balaban J connectivity index is 1.93. The standard InChI is InChI=1S/C15H21BrN2S/c1-10-5-3-4-6-13(10)17-15(19)18-14-8-7-12(16)9-11(14)2/h7-10,13H,3-6H2,1-2H3,(H2,17,18,19)/t10-,13+/m1/s1. The van der Waals surface area contributed by atoms with E-state index in [0.29, 0.717) is 12.0 Å². The molecule has 0 heterocycles. The minimum absolute atomic E-state index is 0.518. The van der Waals surface area contributed by atoms with Gasteiger partial charge >= 0.3 is 0 Å². The molecular formula is C15H21BrN2S. The molecule has 0 spiro atoms. The molecule has 0 unspecified atom stereocenters. The molecule has 0 aromatic heterocycles. The van der Waals surface area contributed by atoms with Gasteiger partial charge in [0, 0.05) is 16.2 Å². The van der Waals surface area contributed by atoms with E-state index in [-0.39, 0.29) is 0 Å². The highest BCUT2D eigenvalue weighted by molar-refractivity contribution is 9.10. The van der Waals surface area contributed by atoms with Crippen LogP contribution < -0.4 is 10.6 Å². The van der Waals surface area contributed by atoms with Gasteiger partial charge in [0.2, 0.25) is 0 Å². The molecule has 0 aliphatic heterocycles. The molecule has 104 valence electrons. The maximum absolute atomic E-state index is 5.43. The Kier molecular flexibility index (Phi) is 5.22. The van der Waals surface area contributed by atoms with E-state index in [4.69, 9.17) is 12.2 Å². The first-order chi connectivity index (χ1) is 9.06. The van der Waals surface area contributed by atoms with Crippen LogP contribution in [0.2, 0.25) is 0 Å². The SMILES string of the molecule is Cc1cc(Br)ccc1NC(=S)N[C@H]1CCCC[C@H]1C. The van der Waals surface area contributed by atoms with E-state index in [1.807, 2.05) is 6.07 Å². The van der Waals surface area contributed by atoms with Crippen LogP contribution in [0.4, 0.5) is 5.69 Å². The van der Waals surface area contributed by atoms with Crippen molar-refractivity contribution in [2.45, 2.75) is 45.6 Å². The average molecular weight is 341 g/mol. The fourth-order valence-electron chi connectivity index (χ4n) is 2.62. The number of thiocarbonyl (C=S) groups is 1. The molecule has 4 heteroatoms. The van der Waals surface area contributed by atoms with Gasteiger partial charge in [0.25, 0.3) is 0 Å². The average Bonchev–Trinajstić information content (AvgIpc) is 2.36. The van der Waals surface area contributed by atoms with Crippen LogP contribution in [0.15, 0.2) is 22.7 Å². The van der Waals surface area contributed by atoms with Crippen molar-refractivity contribution in [2.75, 3.05) is 5.32 Å². The molecule has 1 aliphatic rings. The summed E-state index contributed by atoms with van der Waals surface area (Å²) in [6.45, 7) is 4.39. The van der Waals surface area contributed by atoms with Gasteiger partial charge in [0.15, 0.2) is 5.11 Å². The van der Waals surface area contributed by atoms with Crippen molar-refractivity contribution < 1.29 is 0 Å². The van der Waals surface area contributed by atoms with Crippen LogP contribution >= 0.6 is 28.1 Å². The lowest BCUT2D eigenvalue weighted by atomic mass is 9.86. The van der Waals surface area contributed by atoms with Crippen molar-refractivity contribution in [1.29, 1.82) is 0 Å². The number of halogens is 1. The molecule has 2 rings (SSSR count). The number of aryl methyl sites for hydroxylation is 1. The Bertz CT molecular complexity index is 461. The van der Waals surface area contributed by atoms with Crippen LogP contribution in [-0.2, 0) is 0 Å². The number of hydrogen-bond acceptors (Lipinski definition) is 1. The van der Waals surface area contributed by atoms with Gasteiger partial charge in [0.1, 0.15) is 0 Å².